The van der Waals surface area contributed by atoms with Crippen molar-refractivity contribution in [1.82, 2.24) is 4.90 Å². The van der Waals surface area contributed by atoms with Crippen molar-refractivity contribution in [2.45, 2.75) is 0 Å². The molecule has 0 saturated carbocycles. The van der Waals surface area contributed by atoms with Gasteiger partial charge < -0.3 is 14.2 Å². The van der Waals surface area contributed by atoms with Crippen LogP contribution in [-0.4, -0.2) is 36.3 Å². The summed E-state index contributed by atoms with van der Waals surface area (Å²) < 4.78 is 5.15. The second-order valence-corrected chi connectivity index (χ2v) is 6.26. The molecule has 21 heavy (non-hydrogen) atoms. The van der Waals surface area contributed by atoms with Gasteiger partial charge in [-0.2, -0.15) is 11.3 Å². The summed E-state index contributed by atoms with van der Waals surface area (Å²) in [7, 11) is 0. The Morgan fingerprint density at radius 3 is 2.86 bits per heavy atom. The average molecular weight is 302 g/mol. The van der Waals surface area contributed by atoms with Gasteiger partial charge in [0.25, 0.3) is 5.91 Å². The molecule has 6 heteroatoms. The van der Waals surface area contributed by atoms with Gasteiger partial charge >= 0.3 is 0 Å². The standard InChI is InChI=1S/C15H14N2O3S/c18-14-12-8-16(15(19)13-2-1-4-20-13)6-10(12)7-17(14)11-3-5-21-9-11/h1-5,9-10,12H,6-8H2/t10-,12-/m1/s1. The fourth-order valence-corrected chi connectivity index (χ4v) is 3.87. The number of hydrogen-bond donors (Lipinski definition) is 0. The number of thiophene rings is 1. The molecule has 2 aromatic heterocycles. The van der Waals surface area contributed by atoms with Crippen molar-refractivity contribution < 1.29 is 14.0 Å². The van der Waals surface area contributed by atoms with E-state index in [0.29, 0.717) is 25.4 Å². The van der Waals surface area contributed by atoms with Crippen molar-refractivity contribution in [3.05, 3.63) is 41.0 Å². The van der Waals surface area contributed by atoms with Gasteiger partial charge in [0, 0.05) is 30.9 Å². The molecule has 2 aromatic rings. The van der Waals surface area contributed by atoms with E-state index < -0.39 is 0 Å². The first kappa shape index (κ1) is 12.6. The normalized spacial score (nSPS) is 24.7. The Morgan fingerprint density at radius 2 is 2.19 bits per heavy atom. The smallest absolute Gasteiger partial charge is 0.289 e. The molecule has 0 aliphatic carbocycles. The van der Waals surface area contributed by atoms with E-state index in [-0.39, 0.29) is 23.7 Å². The number of likely N-dealkylation sites (tertiary alicyclic amines) is 1. The molecule has 2 saturated heterocycles. The minimum atomic E-state index is -0.121. The Kier molecular flexibility index (Phi) is 2.85. The predicted molar refractivity (Wildman–Crippen MR) is 78.3 cm³/mol. The van der Waals surface area contributed by atoms with Gasteiger partial charge in [-0.3, -0.25) is 9.59 Å². The van der Waals surface area contributed by atoms with Gasteiger partial charge in [-0.15, -0.1) is 0 Å². The Balaban J connectivity index is 1.50. The van der Waals surface area contributed by atoms with Crippen LogP contribution in [0, 0.1) is 11.8 Å². The molecule has 0 radical (unpaired) electrons. The number of hydrogen-bond acceptors (Lipinski definition) is 4. The van der Waals surface area contributed by atoms with Gasteiger partial charge in [-0.1, -0.05) is 0 Å². The highest BCUT2D eigenvalue weighted by atomic mass is 32.1. The van der Waals surface area contributed by atoms with Crippen molar-refractivity contribution in [2.24, 2.45) is 11.8 Å². The average Bonchev–Trinajstić information content (AvgIpc) is 3.25. The fourth-order valence-electron chi connectivity index (χ4n) is 3.23. The molecule has 108 valence electrons. The summed E-state index contributed by atoms with van der Waals surface area (Å²) in [5, 5.41) is 3.97. The molecule has 2 fully saturated rings. The molecule has 0 spiro atoms. The number of carbonyl (C=O) groups excluding carboxylic acids is 2. The van der Waals surface area contributed by atoms with Crippen LogP contribution in [0.5, 0.6) is 0 Å². The SMILES string of the molecule is O=C(c1ccco1)N1C[C@@H]2CN(c3ccsc3)C(=O)[C@@H]2C1. The Bertz CT molecular complexity index is 665. The molecule has 2 aliphatic heterocycles. The van der Waals surface area contributed by atoms with Crippen molar-refractivity contribution >= 4 is 28.8 Å². The maximum atomic E-state index is 12.5. The van der Waals surface area contributed by atoms with Gasteiger partial charge in [0.05, 0.1) is 17.9 Å². The summed E-state index contributed by atoms with van der Waals surface area (Å²) in [5.41, 5.74) is 0.975. The third-order valence-corrected chi connectivity index (χ3v) is 4.95. The van der Waals surface area contributed by atoms with E-state index in [4.69, 9.17) is 4.42 Å². The van der Waals surface area contributed by atoms with Crippen LogP contribution in [0.4, 0.5) is 5.69 Å². The Hall–Kier alpha value is -2.08. The van der Waals surface area contributed by atoms with Crippen LogP contribution >= 0.6 is 11.3 Å². The van der Waals surface area contributed by atoms with Crippen molar-refractivity contribution in [1.29, 1.82) is 0 Å². The number of furan rings is 1. The van der Waals surface area contributed by atoms with E-state index in [9.17, 15) is 9.59 Å². The minimum absolute atomic E-state index is 0.0798. The lowest BCUT2D eigenvalue weighted by Crippen LogP contribution is -2.35. The summed E-state index contributed by atoms with van der Waals surface area (Å²) in [6.07, 6.45) is 1.49. The van der Waals surface area contributed by atoms with Gasteiger partial charge in [0.1, 0.15) is 0 Å². The highest BCUT2D eigenvalue weighted by Crippen LogP contribution is 2.36. The van der Waals surface area contributed by atoms with Crippen LogP contribution in [0.3, 0.4) is 0 Å². The molecule has 0 bridgehead atoms. The van der Waals surface area contributed by atoms with Gasteiger partial charge in [-0.25, -0.2) is 0 Å². The molecule has 2 atom stereocenters. The van der Waals surface area contributed by atoms with Gasteiger partial charge in [-0.05, 0) is 23.6 Å². The van der Waals surface area contributed by atoms with Gasteiger partial charge in [0.2, 0.25) is 5.91 Å². The van der Waals surface area contributed by atoms with E-state index >= 15 is 0 Å². The number of fused-ring (bicyclic) bond motifs is 1. The zero-order valence-electron chi connectivity index (χ0n) is 11.3. The van der Waals surface area contributed by atoms with Crippen molar-refractivity contribution in [3.63, 3.8) is 0 Å². The molecule has 0 N–H and O–H groups in total. The number of carbonyl (C=O) groups is 2. The molecular formula is C15H14N2O3S. The number of nitrogens with zero attached hydrogens (tertiary/aromatic N) is 2. The minimum Gasteiger partial charge on any atom is -0.459 e. The molecular weight excluding hydrogens is 288 g/mol. The molecule has 4 heterocycles. The molecule has 4 rings (SSSR count). The Labute approximate surface area is 125 Å². The van der Waals surface area contributed by atoms with E-state index in [1.165, 1.54) is 6.26 Å². The summed E-state index contributed by atoms with van der Waals surface area (Å²) in [6.45, 7) is 1.81. The van der Waals surface area contributed by atoms with Crippen molar-refractivity contribution in [3.8, 4) is 0 Å². The zero-order valence-corrected chi connectivity index (χ0v) is 12.1. The molecule has 2 aliphatic rings. The fraction of sp³-hybridized carbons (Fsp3) is 0.333. The van der Waals surface area contributed by atoms with Crippen LogP contribution < -0.4 is 4.90 Å². The molecule has 0 aromatic carbocycles. The lowest BCUT2D eigenvalue weighted by atomic mass is 10.0. The van der Waals surface area contributed by atoms with Crippen LogP contribution in [0.2, 0.25) is 0 Å². The van der Waals surface area contributed by atoms with Crippen LogP contribution in [-0.2, 0) is 4.79 Å². The first-order valence-corrected chi connectivity index (χ1v) is 7.84. The van der Waals surface area contributed by atoms with Crippen molar-refractivity contribution in [2.75, 3.05) is 24.5 Å². The van der Waals surface area contributed by atoms with Gasteiger partial charge in [0.15, 0.2) is 5.76 Å². The number of anilines is 1. The summed E-state index contributed by atoms with van der Waals surface area (Å²) in [4.78, 5) is 28.4. The molecule has 0 unspecified atom stereocenters. The largest absolute Gasteiger partial charge is 0.459 e. The lowest BCUT2D eigenvalue weighted by Gasteiger charge is -2.20. The number of amides is 2. The van der Waals surface area contributed by atoms with E-state index in [0.717, 1.165) is 5.69 Å². The predicted octanol–water partition coefficient (Wildman–Crippen LogP) is 2.08. The maximum absolute atomic E-state index is 12.5. The lowest BCUT2D eigenvalue weighted by molar-refractivity contribution is -0.120. The second-order valence-electron chi connectivity index (χ2n) is 5.48. The van der Waals surface area contributed by atoms with E-state index in [1.807, 2.05) is 21.7 Å². The van der Waals surface area contributed by atoms with E-state index in [2.05, 4.69) is 0 Å². The van der Waals surface area contributed by atoms with Crippen LogP contribution in [0.1, 0.15) is 10.6 Å². The summed E-state index contributed by atoms with van der Waals surface area (Å²) in [5.74, 6) is 0.495. The van der Waals surface area contributed by atoms with E-state index in [1.54, 1.807) is 28.4 Å². The molecule has 2 amide bonds. The maximum Gasteiger partial charge on any atom is 0.289 e. The summed E-state index contributed by atoms with van der Waals surface area (Å²) >= 11 is 1.59. The number of rotatable bonds is 2. The highest BCUT2D eigenvalue weighted by molar-refractivity contribution is 7.08. The topological polar surface area (TPSA) is 53.8 Å². The first-order valence-electron chi connectivity index (χ1n) is 6.90. The highest BCUT2D eigenvalue weighted by Gasteiger charge is 2.48. The first-order chi connectivity index (χ1) is 10.2. The Morgan fingerprint density at radius 1 is 1.29 bits per heavy atom. The third-order valence-electron chi connectivity index (χ3n) is 4.28. The second kappa shape index (κ2) is 4.73. The van der Waals surface area contributed by atoms with Crippen LogP contribution in [0.25, 0.3) is 0 Å². The molecule has 5 nitrogen and oxygen atoms in total. The summed E-state index contributed by atoms with van der Waals surface area (Å²) in [6, 6.07) is 5.33. The zero-order chi connectivity index (χ0) is 14.4. The van der Waals surface area contributed by atoms with Crippen LogP contribution in [0.15, 0.2) is 39.6 Å². The third kappa shape index (κ3) is 1.98. The monoisotopic (exact) mass is 302 g/mol. The quantitative estimate of drug-likeness (QED) is 0.853.